The molecule has 0 N–H and O–H groups in total. The van der Waals surface area contributed by atoms with Crippen LogP contribution >= 0.6 is 0 Å². The Morgan fingerprint density at radius 2 is 1.96 bits per heavy atom. The molecule has 1 saturated heterocycles. The Labute approximate surface area is 140 Å². The van der Waals surface area contributed by atoms with E-state index < -0.39 is 5.60 Å². The highest BCUT2D eigenvalue weighted by Crippen LogP contribution is 2.28. The monoisotopic (exact) mass is 325 g/mol. The van der Waals surface area contributed by atoms with E-state index in [-0.39, 0.29) is 24.5 Å². The number of rotatable bonds is 5. The number of nitrogens with zero attached hydrogens (tertiary/aromatic N) is 1. The summed E-state index contributed by atoms with van der Waals surface area (Å²) in [4.78, 5) is 26.1. The fraction of sp³-hybridized carbons (Fsp3) is 0.778. The van der Waals surface area contributed by atoms with Crippen molar-refractivity contribution in [1.29, 1.82) is 0 Å². The van der Waals surface area contributed by atoms with Crippen LogP contribution in [0.3, 0.4) is 0 Å². The first-order valence-corrected chi connectivity index (χ1v) is 8.50. The van der Waals surface area contributed by atoms with E-state index in [9.17, 15) is 9.59 Å². The van der Waals surface area contributed by atoms with Crippen molar-refractivity contribution in [2.45, 2.75) is 72.4 Å². The van der Waals surface area contributed by atoms with Gasteiger partial charge in [-0.1, -0.05) is 19.9 Å². The number of esters is 1. The number of hydrogen-bond acceptors (Lipinski definition) is 4. The molecule has 1 atom stereocenters. The van der Waals surface area contributed by atoms with Gasteiger partial charge in [0.05, 0.1) is 19.1 Å². The van der Waals surface area contributed by atoms with E-state index >= 15 is 0 Å². The average molecular weight is 325 g/mol. The van der Waals surface area contributed by atoms with Crippen LogP contribution in [0.25, 0.3) is 0 Å². The molecule has 1 heterocycles. The van der Waals surface area contributed by atoms with E-state index in [1.54, 1.807) is 11.8 Å². The van der Waals surface area contributed by atoms with Crippen molar-refractivity contribution in [1.82, 2.24) is 4.90 Å². The number of carbonyl (C=O) groups is 2. The first-order valence-electron chi connectivity index (χ1n) is 8.50. The van der Waals surface area contributed by atoms with Gasteiger partial charge in [-0.05, 0) is 52.0 Å². The first kappa shape index (κ1) is 19.5. The van der Waals surface area contributed by atoms with Gasteiger partial charge >= 0.3 is 12.1 Å². The van der Waals surface area contributed by atoms with Crippen molar-refractivity contribution in [3.63, 3.8) is 0 Å². The van der Waals surface area contributed by atoms with Crippen molar-refractivity contribution in [2.75, 3.05) is 13.2 Å². The SMILES string of the molecule is CCOC(=O)C/C(=C\C(C)C)C1CCCN1C(=O)OC(C)(C)C. The van der Waals surface area contributed by atoms with Crippen LogP contribution < -0.4 is 0 Å². The number of amides is 1. The molecule has 0 aromatic rings. The third kappa shape index (κ3) is 6.63. The molecule has 1 unspecified atom stereocenters. The molecular weight excluding hydrogens is 294 g/mol. The molecule has 1 aliphatic heterocycles. The lowest BCUT2D eigenvalue weighted by Gasteiger charge is -2.30. The van der Waals surface area contributed by atoms with Gasteiger partial charge in [0.25, 0.3) is 0 Å². The Hall–Kier alpha value is -1.52. The second-order valence-corrected chi connectivity index (χ2v) is 7.30. The molecule has 0 aromatic carbocycles. The van der Waals surface area contributed by atoms with Crippen LogP contribution in [0.2, 0.25) is 0 Å². The molecule has 132 valence electrons. The third-order valence-electron chi connectivity index (χ3n) is 3.51. The van der Waals surface area contributed by atoms with Crippen molar-refractivity contribution in [2.24, 2.45) is 5.92 Å². The van der Waals surface area contributed by atoms with Gasteiger partial charge in [0.15, 0.2) is 0 Å². The van der Waals surface area contributed by atoms with Gasteiger partial charge < -0.3 is 14.4 Å². The summed E-state index contributed by atoms with van der Waals surface area (Å²) in [5, 5.41) is 0. The standard InChI is InChI=1S/C18H31NO4/c1-7-22-16(20)12-14(11-13(2)3)15-9-8-10-19(15)17(21)23-18(4,5)6/h11,13,15H,7-10,12H2,1-6H3/b14-11+. The number of ether oxygens (including phenoxy) is 2. The fourth-order valence-corrected chi connectivity index (χ4v) is 2.79. The average Bonchev–Trinajstić information content (AvgIpc) is 2.84. The van der Waals surface area contributed by atoms with Crippen LogP contribution in [-0.4, -0.2) is 41.8 Å². The van der Waals surface area contributed by atoms with Crippen LogP contribution in [-0.2, 0) is 14.3 Å². The maximum atomic E-state index is 12.4. The van der Waals surface area contributed by atoms with Gasteiger partial charge in [0.1, 0.15) is 5.60 Å². The quantitative estimate of drug-likeness (QED) is 0.568. The van der Waals surface area contributed by atoms with Crippen LogP contribution in [0.15, 0.2) is 11.6 Å². The van der Waals surface area contributed by atoms with Crippen LogP contribution in [0.4, 0.5) is 4.79 Å². The maximum absolute atomic E-state index is 12.4. The second kappa shape index (κ2) is 8.37. The van der Waals surface area contributed by atoms with Crippen LogP contribution in [0.5, 0.6) is 0 Å². The molecule has 1 aliphatic rings. The predicted octanol–water partition coefficient (Wildman–Crippen LogP) is 3.92. The minimum Gasteiger partial charge on any atom is -0.466 e. The van der Waals surface area contributed by atoms with Crippen molar-refractivity contribution < 1.29 is 19.1 Å². The van der Waals surface area contributed by atoms with Crippen LogP contribution in [0.1, 0.15) is 60.8 Å². The molecule has 0 bridgehead atoms. The largest absolute Gasteiger partial charge is 0.466 e. The first-order chi connectivity index (χ1) is 10.6. The predicted molar refractivity (Wildman–Crippen MR) is 90.1 cm³/mol. The van der Waals surface area contributed by atoms with Gasteiger partial charge in [0.2, 0.25) is 0 Å². The second-order valence-electron chi connectivity index (χ2n) is 7.30. The van der Waals surface area contributed by atoms with E-state index in [0.717, 1.165) is 18.4 Å². The topological polar surface area (TPSA) is 55.8 Å². The Morgan fingerprint density at radius 3 is 2.48 bits per heavy atom. The number of hydrogen-bond donors (Lipinski definition) is 0. The summed E-state index contributed by atoms with van der Waals surface area (Å²) in [6.45, 7) is 12.5. The van der Waals surface area contributed by atoms with Crippen molar-refractivity contribution in [3.8, 4) is 0 Å². The number of allylic oxidation sites excluding steroid dienone is 1. The molecule has 1 fully saturated rings. The van der Waals surface area contributed by atoms with Gasteiger partial charge in [-0.3, -0.25) is 4.79 Å². The highest BCUT2D eigenvalue weighted by atomic mass is 16.6. The number of carbonyl (C=O) groups excluding carboxylic acids is 2. The Morgan fingerprint density at radius 1 is 1.30 bits per heavy atom. The lowest BCUT2D eigenvalue weighted by Crippen LogP contribution is -2.41. The molecule has 0 saturated carbocycles. The summed E-state index contributed by atoms with van der Waals surface area (Å²) in [6.07, 6.45) is 3.78. The van der Waals surface area contributed by atoms with Crippen molar-refractivity contribution >= 4 is 12.1 Å². The van der Waals surface area contributed by atoms with Gasteiger partial charge in [0, 0.05) is 6.54 Å². The molecular formula is C18H31NO4. The zero-order valence-electron chi connectivity index (χ0n) is 15.3. The zero-order chi connectivity index (χ0) is 17.6. The summed E-state index contributed by atoms with van der Waals surface area (Å²) in [5.41, 5.74) is 0.439. The normalized spacial score (nSPS) is 19.2. The minimum atomic E-state index is -0.521. The zero-order valence-corrected chi connectivity index (χ0v) is 15.3. The molecule has 0 aromatic heterocycles. The summed E-state index contributed by atoms with van der Waals surface area (Å²) in [5.74, 6) is 0.0657. The Balaban J connectivity index is 2.91. The van der Waals surface area contributed by atoms with E-state index in [4.69, 9.17) is 9.47 Å². The molecule has 1 rings (SSSR count). The van der Waals surface area contributed by atoms with E-state index in [1.165, 1.54) is 0 Å². The summed E-state index contributed by atoms with van der Waals surface area (Å²) < 4.78 is 10.6. The van der Waals surface area contributed by atoms with Gasteiger partial charge in [-0.25, -0.2) is 4.79 Å². The van der Waals surface area contributed by atoms with Gasteiger partial charge in [-0.15, -0.1) is 0 Å². The molecule has 0 spiro atoms. The molecule has 0 radical (unpaired) electrons. The summed E-state index contributed by atoms with van der Waals surface area (Å²) in [7, 11) is 0. The van der Waals surface area contributed by atoms with E-state index in [1.807, 2.05) is 20.8 Å². The Kier molecular flexibility index (Phi) is 7.10. The van der Waals surface area contributed by atoms with Gasteiger partial charge in [-0.2, -0.15) is 0 Å². The smallest absolute Gasteiger partial charge is 0.410 e. The minimum absolute atomic E-state index is 0.0725. The number of likely N-dealkylation sites (tertiary alicyclic amines) is 1. The molecule has 0 aliphatic carbocycles. The maximum Gasteiger partial charge on any atom is 0.410 e. The third-order valence-corrected chi connectivity index (χ3v) is 3.51. The fourth-order valence-electron chi connectivity index (χ4n) is 2.79. The molecule has 5 nitrogen and oxygen atoms in total. The molecule has 5 heteroatoms. The Bertz CT molecular complexity index is 448. The molecule has 1 amide bonds. The highest BCUT2D eigenvalue weighted by Gasteiger charge is 2.35. The summed E-state index contributed by atoms with van der Waals surface area (Å²) in [6, 6.07) is -0.0725. The lowest BCUT2D eigenvalue weighted by atomic mass is 9.97. The molecule has 23 heavy (non-hydrogen) atoms. The van der Waals surface area contributed by atoms with E-state index in [2.05, 4.69) is 19.9 Å². The summed E-state index contributed by atoms with van der Waals surface area (Å²) >= 11 is 0. The van der Waals surface area contributed by atoms with Crippen LogP contribution in [0, 0.1) is 5.92 Å². The lowest BCUT2D eigenvalue weighted by molar-refractivity contribution is -0.142. The highest BCUT2D eigenvalue weighted by molar-refractivity contribution is 5.74. The van der Waals surface area contributed by atoms with Crippen molar-refractivity contribution in [3.05, 3.63) is 11.6 Å². The van der Waals surface area contributed by atoms with E-state index in [0.29, 0.717) is 19.1 Å².